The van der Waals surface area contributed by atoms with E-state index in [9.17, 15) is 31.5 Å². The van der Waals surface area contributed by atoms with Crippen LogP contribution in [-0.4, -0.2) is 36.2 Å². The van der Waals surface area contributed by atoms with E-state index in [0.717, 1.165) is 12.1 Å². The van der Waals surface area contributed by atoms with Gasteiger partial charge in [-0.2, -0.15) is 13.2 Å². The molecule has 0 radical (unpaired) electrons. The molecular formula is C28H27F5N2O4. The molecule has 11 heteroatoms. The van der Waals surface area contributed by atoms with Crippen molar-refractivity contribution in [1.29, 1.82) is 0 Å². The van der Waals surface area contributed by atoms with Gasteiger partial charge in [-0.3, -0.25) is 9.59 Å². The minimum atomic E-state index is -4.71. The zero-order valence-electron chi connectivity index (χ0n) is 21.1. The molecule has 0 aliphatic heterocycles. The Morgan fingerprint density at radius 2 is 1.54 bits per heavy atom. The van der Waals surface area contributed by atoms with Crippen LogP contribution in [0.1, 0.15) is 36.2 Å². The largest absolute Gasteiger partial charge is 0.491 e. The lowest BCUT2D eigenvalue weighted by Crippen LogP contribution is -2.32. The second-order valence-corrected chi connectivity index (χ2v) is 9.12. The summed E-state index contributed by atoms with van der Waals surface area (Å²) in [6.45, 7) is 4.04. The molecule has 0 bridgehead atoms. The van der Waals surface area contributed by atoms with Gasteiger partial charge in [-0.15, -0.1) is 0 Å². The Morgan fingerprint density at radius 1 is 0.923 bits per heavy atom. The first-order chi connectivity index (χ1) is 18.3. The molecule has 3 N–H and O–H groups in total. The van der Waals surface area contributed by atoms with Gasteiger partial charge in [0.2, 0.25) is 0 Å². The first-order valence-corrected chi connectivity index (χ1v) is 12.0. The summed E-state index contributed by atoms with van der Waals surface area (Å²) in [6.07, 6.45) is -4.89. The molecule has 0 saturated heterocycles. The molecule has 6 nitrogen and oxygen atoms in total. The second-order valence-electron chi connectivity index (χ2n) is 9.12. The van der Waals surface area contributed by atoms with Crippen LogP contribution in [0.15, 0.2) is 60.7 Å². The normalized spacial score (nSPS) is 12.2. The summed E-state index contributed by atoms with van der Waals surface area (Å²) in [7, 11) is 0. The lowest BCUT2D eigenvalue weighted by Gasteiger charge is -2.24. The van der Waals surface area contributed by atoms with E-state index in [1.165, 1.54) is 12.1 Å². The van der Waals surface area contributed by atoms with Crippen LogP contribution in [0, 0.1) is 17.6 Å². The number of amides is 1. The fourth-order valence-electron chi connectivity index (χ4n) is 3.62. The van der Waals surface area contributed by atoms with Gasteiger partial charge in [0, 0.05) is 35.0 Å². The van der Waals surface area contributed by atoms with Crippen molar-refractivity contribution in [2.24, 2.45) is 5.92 Å². The molecule has 0 heterocycles. The van der Waals surface area contributed by atoms with E-state index in [1.807, 2.05) is 13.8 Å². The van der Waals surface area contributed by atoms with Gasteiger partial charge < -0.3 is 20.5 Å². The van der Waals surface area contributed by atoms with Gasteiger partial charge in [-0.05, 0) is 54.4 Å². The predicted octanol–water partition coefficient (Wildman–Crippen LogP) is 6.37. The van der Waals surface area contributed by atoms with Gasteiger partial charge in [0.1, 0.15) is 24.0 Å². The van der Waals surface area contributed by atoms with Crippen LogP contribution in [0.3, 0.4) is 0 Å². The van der Waals surface area contributed by atoms with Gasteiger partial charge >= 0.3 is 12.1 Å². The van der Waals surface area contributed by atoms with E-state index >= 15 is 0 Å². The van der Waals surface area contributed by atoms with Crippen LogP contribution in [0.5, 0.6) is 5.75 Å². The lowest BCUT2D eigenvalue weighted by molar-refractivity contribution is -0.138. The van der Waals surface area contributed by atoms with E-state index in [-0.39, 0.29) is 48.4 Å². The van der Waals surface area contributed by atoms with Gasteiger partial charge in [0.05, 0.1) is 18.0 Å². The number of halogens is 5. The number of rotatable bonds is 11. The zero-order chi connectivity index (χ0) is 28.7. The molecule has 0 aliphatic carbocycles. The predicted molar refractivity (Wildman–Crippen MR) is 136 cm³/mol. The number of hydrogen-bond donors (Lipinski definition) is 3. The minimum absolute atomic E-state index is 0.0157. The maximum atomic E-state index is 14.8. The number of carboxylic acid groups (broad SMARTS) is 1. The molecule has 39 heavy (non-hydrogen) atoms. The average molecular weight is 551 g/mol. The Bertz CT molecular complexity index is 1310. The molecule has 3 aromatic carbocycles. The molecule has 0 fully saturated rings. The van der Waals surface area contributed by atoms with Gasteiger partial charge in [0.25, 0.3) is 5.91 Å². The fourth-order valence-corrected chi connectivity index (χ4v) is 3.62. The van der Waals surface area contributed by atoms with Gasteiger partial charge in [0.15, 0.2) is 0 Å². The minimum Gasteiger partial charge on any atom is -0.491 e. The topological polar surface area (TPSA) is 87.7 Å². The van der Waals surface area contributed by atoms with E-state index in [2.05, 4.69) is 10.6 Å². The first kappa shape index (κ1) is 29.4. The zero-order valence-corrected chi connectivity index (χ0v) is 21.1. The van der Waals surface area contributed by atoms with E-state index in [4.69, 9.17) is 9.84 Å². The molecule has 1 atom stereocenters. The highest BCUT2D eigenvalue weighted by molar-refractivity contribution is 5.94. The number of anilines is 1. The van der Waals surface area contributed by atoms with Gasteiger partial charge in [-0.25, -0.2) is 8.78 Å². The Balaban J connectivity index is 1.63. The highest BCUT2D eigenvalue weighted by Crippen LogP contribution is 2.34. The summed E-state index contributed by atoms with van der Waals surface area (Å²) >= 11 is 0. The number of benzene rings is 3. The summed E-state index contributed by atoms with van der Waals surface area (Å²) in [5, 5.41) is 14.5. The van der Waals surface area contributed by atoms with Gasteiger partial charge in [-0.1, -0.05) is 19.9 Å². The van der Waals surface area contributed by atoms with Crippen molar-refractivity contribution in [3.05, 3.63) is 83.4 Å². The average Bonchev–Trinajstić information content (AvgIpc) is 2.86. The van der Waals surface area contributed by atoms with Crippen LogP contribution in [-0.2, 0) is 11.0 Å². The summed E-state index contributed by atoms with van der Waals surface area (Å²) in [5.74, 6) is -3.21. The maximum Gasteiger partial charge on any atom is 0.416 e. The van der Waals surface area contributed by atoms with Crippen LogP contribution in [0.4, 0.5) is 27.6 Å². The number of carboxylic acids is 1. The highest BCUT2D eigenvalue weighted by atomic mass is 19.4. The van der Waals surface area contributed by atoms with Crippen molar-refractivity contribution in [2.45, 2.75) is 32.5 Å². The van der Waals surface area contributed by atoms with Crippen LogP contribution >= 0.6 is 0 Å². The third-order valence-electron chi connectivity index (χ3n) is 5.89. The highest BCUT2D eigenvalue weighted by Gasteiger charge is 2.31. The first-order valence-electron chi connectivity index (χ1n) is 12.0. The molecular weight excluding hydrogens is 523 g/mol. The molecule has 0 spiro atoms. The van der Waals surface area contributed by atoms with Crippen molar-refractivity contribution in [3.63, 3.8) is 0 Å². The van der Waals surface area contributed by atoms with E-state index < -0.39 is 35.3 Å². The second kappa shape index (κ2) is 12.6. The molecule has 3 aromatic rings. The number of alkyl halides is 3. The summed E-state index contributed by atoms with van der Waals surface area (Å²) in [5.41, 5.74) is -0.598. The van der Waals surface area contributed by atoms with Crippen molar-refractivity contribution in [2.75, 3.05) is 18.5 Å². The van der Waals surface area contributed by atoms with E-state index in [1.54, 1.807) is 24.3 Å². The third kappa shape index (κ3) is 8.17. The summed E-state index contributed by atoms with van der Waals surface area (Å²) in [6, 6.07) is 11.9. The van der Waals surface area contributed by atoms with Crippen LogP contribution in [0.2, 0.25) is 0 Å². The molecule has 0 saturated carbocycles. The SMILES string of the molecule is CC(C)[C@@H](COc1ccc(-c2ccc(C(F)(F)F)cc2F)c(F)c1)Nc1ccc(C(=O)NCCC(=O)O)cc1. The number of carbonyl (C=O) groups is 2. The number of carbonyl (C=O) groups excluding carboxylic acids is 1. The van der Waals surface area contributed by atoms with Crippen molar-refractivity contribution in [1.82, 2.24) is 5.32 Å². The quantitative estimate of drug-likeness (QED) is 0.242. The molecule has 0 unspecified atom stereocenters. The monoisotopic (exact) mass is 550 g/mol. The number of aliphatic carboxylic acids is 1. The molecule has 3 rings (SSSR count). The molecule has 1 amide bonds. The van der Waals surface area contributed by atoms with Crippen molar-refractivity contribution in [3.8, 4) is 16.9 Å². The summed E-state index contributed by atoms with van der Waals surface area (Å²) in [4.78, 5) is 22.7. The molecule has 0 aliphatic rings. The number of nitrogens with one attached hydrogen (secondary N) is 2. The Hall–Kier alpha value is -4.15. The van der Waals surface area contributed by atoms with Crippen molar-refractivity contribution >= 4 is 17.6 Å². The smallest absolute Gasteiger partial charge is 0.416 e. The number of ether oxygens (including phenoxy) is 1. The Kier molecular flexibility index (Phi) is 9.50. The Morgan fingerprint density at radius 3 is 2.08 bits per heavy atom. The summed E-state index contributed by atoms with van der Waals surface area (Å²) < 4.78 is 73.2. The lowest BCUT2D eigenvalue weighted by atomic mass is 10.0. The van der Waals surface area contributed by atoms with Crippen LogP contribution < -0.4 is 15.4 Å². The fraction of sp³-hybridized carbons (Fsp3) is 0.286. The van der Waals surface area contributed by atoms with Crippen molar-refractivity contribution < 1.29 is 41.4 Å². The maximum absolute atomic E-state index is 14.8. The van der Waals surface area contributed by atoms with E-state index in [0.29, 0.717) is 23.4 Å². The third-order valence-corrected chi connectivity index (χ3v) is 5.89. The Labute approximate surface area is 221 Å². The van der Waals surface area contributed by atoms with Crippen LogP contribution in [0.25, 0.3) is 11.1 Å². The molecule has 208 valence electrons. The standard InChI is InChI=1S/C28H27F5N2O4/c1-16(2)25(35-19-6-3-17(4-7-19)27(38)34-12-11-26(36)37)15-39-20-8-10-22(24(30)14-20)21-9-5-18(13-23(21)29)28(31,32)33/h3-10,13-14,16,25,35H,11-12,15H2,1-2H3,(H,34,38)(H,36,37)/t25-/m1/s1. The molecule has 0 aromatic heterocycles. The number of hydrogen-bond acceptors (Lipinski definition) is 4.